The van der Waals surface area contributed by atoms with E-state index in [0.717, 1.165) is 0 Å². The van der Waals surface area contributed by atoms with E-state index in [1.54, 1.807) is 16.5 Å². The van der Waals surface area contributed by atoms with Crippen LogP contribution in [0.1, 0.15) is 0 Å². The van der Waals surface area contributed by atoms with Crippen LogP contribution in [0.5, 0.6) is 0 Å². The molecule has 0 aliphatic carbocycles. The van der Waals surface area contributed by atoms with Crippen LogP contribution in [0.3, 0.4) is 0 Å². The Labute approximate surface area is 67.2 Å². The third-order valence-electron chi connectivity index (χ3n) is 0. The van der Waals surface area contributed by atoms with Crippen molar-refractivity contribution in [2.45, 2.75) is 0 Å². The van der Waals surface area contributed by atoms with Crippen LogP contribution in [0, 0.1) is 0 Å². The fourth-order valence-electron chi connectivity index (χ4n) is 0. The SMILES string of the molecule is [O]=[Nb]([Mo])[TeH].[V]. The van der Waals surface area contributed by atoms with E-state index in [9.17, 15) is 3.25 Å². The van der Waals surface area contributed by atoms with E-state index in [2.05, 4.69) is 0 Å². The zero-order valence-electron chi connectivity index (χ0n) is 2.16. The minimum atomic E-state index is -1.64. The molecule has 1 radical (unpaired) electrons. The van der Waals surface area contributed by atoms with E-state index in [0.29, 0.717) is 0 Å². The molecular weight excluding hydrogens is 383 g/mol. The molecule has 0 heterocycles. The molecule has 5 heavy (non-hydrogen) atoms. The molecule has 0 fully saturated rings. The van der Waals surface area contributed by atoms with Gasteiger partial charge in [-0.3, -0.25) is 0 Å². The Morgan fingerprint density at radius 3 is 1.80 bits per heavy atom. The molecule has 1 nitrogen and oxygen atoms in total. The molecule has 0 aliphatic rings. The maximum absolute atomic E-state index is 9.74. The van der Waals surface area contributed by atoms with Crippen molar-refractivity contribution < 1.29 is 49.9 Å². The Hall–Kier alpha value is 2.60. The van der Waals surface area contributed by atoms with Crippen LogP contribution in [-0.2, 0) is 49.9 Å². The van der Waals surface area contributed by atoms with Gasteiger partial charge in [0.2, 0.25) is 0 Å². The number of hydrogen-bond acceptors (Lipinski definition) is 1. The molecule has 0 aromatic carbocycles. The van der Waals surface area contributed by atoms with Crippen LogP contribution in [0.2, 0.25) is 0 Å². The van der Waals surface area contributed by atoms with Gasteiger partial charge in [-0.25, -0.2) is 0 Å². The first-order valence-electron chi connectivity index (χ1n) is 0.565. The van der Waals surface area contributed by atoms with Crippen molar-refractivity contribution in [2.24, 2.45) is 0 Å². The van der Waals surface area contributed by atoms with Crippen molar-refractivity contribution in [3.8, 4) is 0 Å². The third-order valence-corrected chi connectivity index (χ3v) is 0. The van der Waals surface area contributed by atoms with Crippen molar-refractivity contribution in [3.05, 3.63) is 0 Å². The second-order valence-corrected chi connectivity index (χ2v) is 25.0. The summed E-state index contributed by atoms with van der Waals surface area (Å²) in [6, 6.07) is 0. The van der Waals surface area contributed by atoms with Gasteiger partial charge in [0.1, 0.15) is 0 Å². The molecule has 0 rings (SSSR count). The molecule has 0 unspecified atom stereocenters. The van der Waals surface area contributed by atoms with Crippen molar-refractivity contribution in [3.63, 3.8) is 0 Å². The molecule has 0 saturated carbocycles. The minimum absolute atomic E-state index is 0. The molecule has 0 spiro atoms. The first-order chi connectivity index (χ1) is 1.73. The average molecular weight is 384 g/mol. The first-order valence-corrected chi connectivity index (χ1v) is 15.4. The van der Waals surface area contributed by atoms with E-state index in [4.69, 9.17) is 0 Å². The van der Waals surface area contributed by atoms with Gasteiger partial charge < -0.3 is 0 Å². The second kappa shape index (κ2) is 6.60. The molecule has 0 amide bonds. The first kappa shape index (κ1) is 10.6. The van der Waals surface area contributed by atoms with Gasteiger partial charge in [0.25, 0.3) is 0 Å². The maximum atomic E-state index is 9.74. The van der Waals surface area contributed by atoms with Gasteiger partial charge in [0.05, 0.1) is 0 Å². The summed E-state index contributed by atoms with van der Waals surface area (Å²) in [6.45, 7) is 0. The molecule has 0 aliphatic heterocycles. The molecule has 0 N–H and O–H groups in total. The predicted octanol–water partition coefficient (Wildman–Crippen LogP) is -0.775. The topological polar surface area (TPSA) is 17.1 Å². The van der Waals surface area contributed by atoms with Gasteiger partial charge in [-0.05, 0) is 0 Å². The Bertz CT molecular complexity index is 34.6. The second-order valence-electron chi connectivity index (χ2n) is 0.238. The summed E-state index contributed by atoms with van der Waals surface area (Å²) in [7, 11) is 0. The quantitative estimate of drug-likeness (QED) is 0.501. The zero-order valence-corrected chi connectivity index (χ0v) is 10.3. The smallest absolute Gasteiger partial charge is 0 e. The number of rotatable bonds is 0. The maximum Gasteiger partial charge on any atom is 0 e. The summed E-state index contributed by atoms with van der Waals surface area (Å²) >= 11 is 1.62. The normalized spacial score (nSPS) is 5.00. The van der Waals surface area contributed by atoms with E-state index >= 15 is 0 Å². The van der Waals surface area contributed by atoms with Gasteiger partial charge in [-0.15, -0.1) is 0 Å². The molecule has 29 valence electrons. The molecule has 0 aromatic heterocycles. The van der Waals surface area contributed by atoms with Gasteiger partial charge >= 0.3 is 50.1 Å². The van der Waals surface area contributed by atoms with Crippen molar-refractivity contribution in [2.75, 3.05) is 0 Å². The van der Waals surface area contributed by atoms with Gasteiger partial charge in [-0.1, -0.05) is 0 Å². The number of hydrogen-bond donors (Lipinski definition) is 0. The fourth-order valence-corrected chi connectivity index (χ4v) is 0. The summed E-state index contributed by atoms with van der Waals surface area (Å²) in [4.78, 5) is 0. The van der Waals surface area contributed by atoms with E-state index in [-0.39, 0.29) is 18.6 Å². The van der Waals surface area contributed by atoms with Crippen molar-refractivity contribution in [1.82, 2.24) is 0 Å². The monoisotopic (exact) mass is 389 g/mol. The van der Waals surface area contributed by atoms with Crippen LogP contribution >= 0.6 is 0 Å². The minimum Gasteiger partial charge on any atom is 0 e. The largest absolute Gasteiger partial charge is 0 e. The predicted molar refractivity (Wildman–Crippen MR) is 7.84 cm³/mol. The summed E-state index contributed by atoms with van der Waals surface area (Å²) < 4.78 is 9.74. The van der Waals surface area contributed by atoms with Crippen molar-refractivity contribution in [1.29, 1.82) is 0 Å². The van der Waals surface area contributed by atoms with Gasteiger partial charge in [0, 0.05) is 18.6 Å². The molecule has 0 bridgehead atoms. The summed E-state index contributed by atoms with van der Waals surface area (Å²) in [5.41, 5.74) is 0. The van der Waals surface area contributed by atoms with Crippen LogP contribution in [0.15, 0.2) is 0 Å². The fraction of sp³-hybridized carbons (Fsp3) is 0. The molecule has 0 atom stereocenters. The Morgan fingerprint density at radius 1 is 1.80 bits per heavy atom. The summed E-state index contributed by atoms with van der Waals surface area (Å²) in [5, 5.41) is 0. The van der Waals surface area contributed by atoms with Crippen LogP contribution in [0.4, 0.5) is 0 Å². The van der Waals surface area contributed by atoms with Crippen LogP contribution < -0.4 is 0 Å². The molecule has 5 heteroatoms. The molecule has 0 saturated heterocycles. The van der Waals surface area contributed by atoms with E-state index in [1.165, 1.54) is 18.8 Å². The molecule has 0 aromatic rings. The standard InChI is InChI=1S/Mo.Nb.O.H2Te.V/h;;;1H2;/q;+1;;;/p-1. The summed E-state index contributed by atoms with van der Waals surface area (Å²) in [6.07, 6.45) is 0. The molecular formula is HMoNbOTeV. The van der Waals surface area contributed by atoms with Crippen molar-refractivity contribution >= 4 is 18.8 Å². The van der Waals surface area contributed by atoms with E-state index < -0.39 is 11.6 Å². The Balaban J connectivity index is 0. The van der Waals surface area contributed by atoms with Crippen LogP contribution in [-0.4, -0.2) is 18.8 Å². The Kier molecular flexibility index (Phi) is 13.9. The Morgan fingerprint density at radius 2 is 1.80 bits per heavy atom. The van der Waals surface area contributed by atoms with E-state index in [1.807, 2.05) is 0 Å². The van der Waals surface area contributed by atoms with Crippen LogP contribution in [0.25, 0.3) is 0 Å². The van der Waals surface area contributed by atoms with Gasteiger partial charge in [0.15, 0.2) is 0 Å². The van der Waals surface area contributed by atoms with Gasteiger partial charge in [-0.2, -0.15) is 0 Å². The summed E-state index contributed by atoms with van der Waals surface area (Å²) in [5.74, 6) is 0. The third kappa shape index (κ3) is 20.6. The zero-order chi connectivity index (χ0) is 3.58. The average Bonchev–Trinajstić information content (AvgIpc) is 0.811.